The average molecular weight is 257 g/mol. The smallest absolute Gasteiger partial charge is 0.251 e. The molecule has 6 nitrogen and oxygen atoms in total. The van der Waals surface area contributed by atoms with Crippen LogP contribution < -0.4 is 10.6 Å². The zero-order valence-electron chi connectivity index (χ0n) is 10.7. The van der Waals surface area contributed by atoms with Crippen molar-refractivity contribution < 1.29 is 4.79 Å². The van der Waals surface area contributed by atoms with Crippen LogP contribution in [0, 0.1) is 6.92 Å². The van der Waals surface area contributed by atoms with E-state index in [1.54, 1.807) is 6.20 Å². The molecule has 1 saturated heterocycles. The van der Waals surface area contributed by atoms with Crippen molar-refractivity contribution in [1.29, 1.82) is 0 Å². The second kappa shape index (κ2) is 4.38. The standard InChI is InChI=1S/C13H15N5O/c1-9-4-11(2-3-15-9)17-7-12(8-17)18-6-10(5-16-18)13(14)19/h2-6,12H,7-8H2,1H3,(H2,14,19). The Morgan fingerprint density at radius 3 is 2.89 bits per heavy atom. The summed E-state index contributed by atoms with van der Waals surface area (Å²) in [4.78, 5) is 17.5. The molecule has 98 valence electrons. The molecule has 0 saturated carbocycles. The Morgan fingerprint density at radius 1 is 1.47 bits per heavy atom. The van der Waals surface area contributed by atoms with E-state index in [2.05, 4.69) is 21.0 Å². The van der Waals surface area contributed by atoms with E-state index in [0.29, 0.717) is 11.6 Å². The minimum absolute atomic E-state index is 0.293. The van der Waals surface area contributed by atoms with Gasteiger partial charge in [0.1, 0.15) is 0 Å². The van der Waals surface area contributed by atoms with Gasteiger partial charge in [-0.2, -0.15) is 5.10 Å². The van der Waals surface area contributed by atoms with E-state index in [9.17, 15) is 4.79 Å². The zero-order valence-corrected chi connectivity index (χ0v) is 10.7. The second-order valence-electron chi connectivity index (χ2n) is 4.79. The normalized spacial score (nSPS) is 15.3. The fourth-order valence-corrected chi connectivity index (χ4v) is 2.23. The second-order valence-corrected chi connectivity index (χ2v) is 4.79. The number of hydrogen-bond acceptors (Lipinski definition) is 4. The molecule has 3 rings (SSSR count). The molecule has 1 aliphatic heterocycles. The Kier molecular flexibility index (Phi) is 2.70. The largest absolute Gasteiger partial charge is 0.367 e. The maximum atomic E-state index is 11.0. The molecule has 1 aliphatic rings. The van der Waals surface area contributed by atoms with Crippen molar-refractivity contribution in [3.8, 4) is 0 Å². The maximum absolute atomic E-state index is 11.0. The van der Waals surface area contributed by atoms with Gasteiger partial charge in [-0.3, -0.25) is 14.5 Å². The number of amides is 1. The van der Waals surface area contributed by atoms with Gasteiger partial charge in [-0.05, 0) is 19.1 Å². The van der Waals surface area contributed by atoms with Gasteiger partial charge in [0.15, 0.2) is 0 Å². The first-order valence-electron chi connectivity index (χ1n) is 6.15. The van der Waals surface area contributed by atoms with Crippen LogP contribution in [0.1, 0.15) is 22.1 Å². The first kappa shape index (κ1) is 11.7. The van der Waals surface area contributed by atoms with E-state index in [1.165, 1.54) is 11.9 Å². The third-order valence-corrected chi connectivity index (χ3v) is 3.37. The van der Waals surface area contributed by atoms with Crippen molar-refractivity contribution in [1.82, 2.24) is 14.8 Å². The third kappa shape index (κ3) is 2.16. The number of rotatable bonds is 3. The van der Waals surface area contributed by atoms with E-state index in [-0.39, 0.29) is 0 Å². The number of carbonyl (C=O) groups excluding carboxylic acids is 1. The van der Waals surface area contributed by atoms with Crippen molar-refractivity contribution in [3.05, 3.63) is 42.0 Å². The van der Waals surface area contributed by atoms with Gasteiger partial charge in [0, 0.05) is 36.9 Å². The topological polar surface area (TPSA) is 77.0 Å². The van der Waals surface area contributed by atoms with Gasteiger partial charge in [0.05, 0.1) is 17.8 Å². The molecule has 0 unspecified atom stereocenters. The average Bonchev–Trinajstić information content (AvgIpc) is 2.76. The van der Waals surface area contributed by atoms with E-state index >= 15 is 0 Å². The van der Waals surface area contributed by atoms with Crippen molar-refractivity contribution in [2.45, 2.75) is 13.0 Å². The number of nitrogens with two attached hydrogens (primary N) is 1. The van der Waals surface area contributed by atoms with Crippen LogP contribution in [-0.2, 0) is 0 Å². The number of aromatic nitrogens is 3. The van der Waals surface area contributed by atoms with E-state index in [1.807, 2.05) is 23.9 Å². The summed E-state index contributed by atoms with van der Waals surface area (Å²) in [5, 5.41) is 4.18. The van der Waals surface area contributed by atoms with E-state index in [0.717, 1.165) is 18.8 Å². The summed E-state index contributed by atoms with van der Waals surface area (Å²) in [5.74, 6) is -0.438. The fraction of sp³-hybridized carbons (Fsp3) is 0.308. The number of hydrogen-bond donors (Lipinski definition) is 1. The predicted molar refractivity (Wildman–Crippen MR) is 71.0 cm³/mol. The Bertz CT molecular complexity index is 615. The minimum atomic E-state index is -0.438. The van der Waals surface area contributed by atoms with Gasteiger partial charge in [-0.25, -0.2) is 0 Å². The molecule has 2 aromatic rings. The zero-order chi connectivity index (χ0) is 13.4. The van der Waals surface area contributed by atoms with Crippen LogP contribution in [0.5, 0.6) is 0 Å². The van der Waals surface area contributed by atoms with Crippen LogP contribution in [0.4, 0.5) is 5.69 Å². The van der Waals surface area contributed by atoms with Crippen molar-refractivity contribution in [2.75, 3.05) is 18.0 Å². The molecule has 0 spiro atoms. The van der Waals surface area contributed by atoms with Gasteiger partial charge in [-0.1, -0.05) is 0 Å². The molecule has 2 aromatic heterocycles. The highest BCUT2D eigenvalue weighted by Gasteiger charge is 2.29. The maximum Gasteiger partial charge on any atom is 0.251 e. The van der Waals surface area contributed by atoms with Gasteiger partial charge in [0.25, 0.3) is 5.91 Å². The summed E-state index contributed by atoms with van der Waals surface area (Å²) in [6, 6.07) is 4.36. The molecule has 6 heteroatoms. The molecule has 0 aliphatic carbocycles. The number of nitrogens with zero attached hydrogens (tertiary/aromatic N) is 4. The molecular weight excluding hydrogens is 242 g/mol. The molecule has 0 radical (unpaired) electrons. The summed E-state index contributed by atoms with van der Waals surface area (Å²) < 4.78 is 1.81. The highest BCUT2D eigenvalue weighted by atomic mass is 16.1. The molecule has 2 N–H and O–H groups in total. The molecule has 0 atom stereocenters. The highest BCUT2D eigenvalue weighted by molar-refractivity contribution is 5.92. The van der Waals surface area contributed by atoms with Crippen LogP contribution in [0.25, 0.3) is 0 Å². The first-order chi connectivity index (χ1) is 9.13. The predicted octanol–water partition coefficient (Wildman–Crippen LogP) is 0.747. The summed E-state index contributed by atoms with van der Waals surface area (Å²) in [6.07, 6.45) is 5.04. The van der Waals surface area contributed by atoms with Gasteiger partial charge >= 0.3 is 0 Å². The summed E-state index contributed by atoms with van der Waals surface area (Å²) in [5.41, 5.74) is 7.85. The summed E-state index contributed by atoms with van der Waals surface area (Å²) >= 11 is 0. The highest BCUT2D eigenvalue weighted by Crippen LogP contribution is 2.27. The Balaban J connectivity index is 1.67. The third-order valence-electron chi connectivity index (χ3n) is 3.37. The van der Waals surface area contributed by atoms with Gasteiger partial charge in [-0.15, -0.1) is 0 Å². The van der Waals surface area contributed by atoms with Crippen LogP contribution in [0.3, 0.4) is 0 Å². The Labute approximate surface area is 110 Å². The van der Waals surface area contributed by atoms with E-state index < -0.39 is 5.91 Å². The minimum Gasteiger partial charge on any atom is -0.367 e. The lowest BCUT2D eigenvalue weighted by atomic mass is 10.1. The molecule has 0 bridgehead atoms. The van der Waals surface area contributed by atoms with Gasteiger partial charge < -0.3 is 10.6 Å². The number of carbonyl (C=O) groups is 1. The molecule has 1 fully saturated rings. The van der Waals surface area contributed by atoms with Gasteiger partial charge in [0.2, 0.25) is 0 Å². The van der Waals surface area contributed by atoms with Crippen LogP contribution in [0.15, 0.2) is 30.7 Å². The number of aryl methyl sites for hydroxylation is 1. The molecular formula is C13H15N5O. The van der Waals surface area contributed by atoms with Crippen LogP contribution in [0.2, 0.25) is 0 Å². The fourth-order valence-electron chi connectivity index (χ4n) is 2.23. The van der Waals surface area contributed by atoms with E-state index in [4.69, 9.17) is 5.73 Å². The van der Waals surface area contributed by atoms with Crippen molar-refractivity contribution in [2.24, 2.45) is 5.73 Å². The Hall–Kier alpha value is -2.37. The molecule has 0 aromatic carbocycles. The lowest BCUT2D eigenvalue weighted by Crippen LogP contribution is -2.48. The monoisotopic (exact) mass is 257 g/mol. The van der Waals surface area contributed by atoms with Crippen molar-refractivity contribution >= 4 is 11.6 Å². The van der Waals surface area contributed by atoms with Crippen LogP contribution in [-0.4, -0.2) is 33.8 Å². The quantitative estimate of drug-likeness (QED) is 0.880. The molecule has 19 heavy (non-hydrogen) atoms. The summed E-state index contributed by atoms with van der Waals surface area (Å²) in [6.45, 7) is 3.74. The van der Waals surface area contributed by atoms with Crippen molar-refractivity contribution in [3.63, 3.8) is 0 Å². The number of anilines is 1. The summed E-state index contributed by atoms with van der Waals surface area (Å²) in [7, 11) is 0. The molecule has 3 heterocycles. The van der Waals surface area contributed by atoms with Crippen LogP contribution >= 0.6 is 0 Å². The first-order valence-corrected chi connectivity index (χ1v) is 6.15. The number of pyridine rings is 1. The Morgan fingerprint density at radius 2 is 2.26 bits per heavy atom. The SMILES string of the molecule is Cc1cc(N2CC(n3cc(C(N)=O)cn3)C2)ccn1. The number of primary amides is 1. The molecule has 1 amide bonds. The lowest BCUT2D eigenvalue weighted by Gasteiger charge is -2.41. The lowest BCUT2D eigenvalue weighted by molar-refractivity contribution is 0.1000.